The van der Waals surface area contributed by atoms with Crippen LogP contribution in [-0.4, -0.2) is 25.1 Å². The highest BCUT2D eigenvalue weighted by atomic mass is 16.7. The molecule has 86 valence electrons. The van der Waals surface area contributed by atoms with Crippen molar-refractivity contribution >= 4 is 11.9 Å². The average molecular weight is 223 g/mol. The fourth-order valence-corrected chi connectivity index (χ4v) is 0.999. The van der Waals surface area contributed by atoms with Crippen LogP contribution in [0.25, 0.3) is 0 Å². The van der Waals surface area contributed by atoms with E-state index in [1.165, 1.54) is 0 Å². The molecule has 1 rings (SSSR count). The molecule has 1 aromatic rings. The van der Waals surface area contributed by atoms with Gasteiger partial charge in [0.25, 0.3) is 0 Å². The summed E-state index contributed by atoms with van der Waals surface area (Å²) in [6, 6.07) is 8.61. The van der Waals surface area contributed by atoms with E-state index in [0.717, 1.165) is 0 Å². The number of ether oxygens (including phenoxy) is 1. The first-order valence-corrected chi connectivity index (χ1v) is 4.87. The predicted molar refractivity (Wildman–Crippen MR) is 56.9 cm³/mol. The maximum absolute atomic E-state index is 11.5. The van der Waals surface area contributed by atoms with Gasteiger partial charge in [0, 0.05) is 5.56 Å². The number of hydroxylamine groups is 1. The topological polar surface area (TPSA) is 64.6 Å². The lowest BCUT2D eigenvalue weighted by Gasteiger charge is -2.05. The number of ketones is 1. The first kappa shape index (κ1) is 12.2. The van der Waals surface area contributed by atoms with E-state index < -0.39 is 6.09 Å². The van der Waals surface area contributed by atoms with E-state index in [0.29, 0.717) is 12.2 Å². The van der Waals surface area contributed by atoms with Crippen LogP contribution in [0, 0.1) is 0 Å². The summed E-state index contributed by atoms with van der Waals surface area (Å²) in [5.41, 5.74) is 2.53. The second kappa shape index (κ2) is 6.58. The molecule has 0 atom stereocenters. The molecule has 0 aliphatic heterocycles. The van der Waals surface area contributed by atoms with Crippen molar-refractivity contribution in [3.8, 4) is 0 Å². The lowest BCUT2D eigenvalue weighted by Crippen LogP contribution is -2.26. The van der Waals surface area contributed by atoms with E-state index >= 15 is 0 Å². The predicted octanol–water partition coefficient (Wildman–Crippen LogP) is 1.55. The number of rotatable bonds is 5. The number of nitrogens with one attached hydrogen (secondary N) is 1. The van der Waals surface area contributed by atoms with Gasteiger partial charge in [-0.2, -0.15) is 5.48 Å². The van der Waals surface area contributed by atoms with Crippen LogP contribution in [0.5, 0.6) is 0 Å². The second-order valence-electron chi connectivity index (χ2n) is 2.90. The fourth-order valence-electron chi connectivity index (χ4n) is 0.999. The van der Waals surface area contributed by atoms with E-state index in [-0.39, 0.29) is 12.4 Å². The molecule has 1 N–H and O–H groups in total. The fraction of sp³-hybridized carbons (Fsp3) is 0.273. The van der Waals surface area contributed by atoms with Crippen molar-refractivity contribution in [2.75, 3.05) is 13.2 Å². The molecule has 0 spiro atoms. The molecular formula is C11H13NO4. The van der Waals surface area contributed by atoms with Crippen LogP contribution < -0.4 is 5.48 Å². The summed E-state index contributed by atoms with van der Waals surface area (Å²) in [5, 5.41) is 0. The molecule has 0 radical (unpaired) electrons. The van der Waals surface area contributed by atoms with Gasteiger partial charge in [-0.1, -0.05) is 30.3 Å². The van der Waals surface area contributed by atoms with Crippen LogP contribution in [0.3, 0.4) is 0 Å². The Bertz CT molecular complexity index is 350. The van der Waals surface area contributed by atoms with Crippen molar-refractivity contribution in [2.45, 2.75) is 6.92 Å². The van der Waals surface area contributed by atoms with Crippen molar-refractivity contribution in [1.82, 2.24) is 5.48 Å². The van der Waals surface area contributed by atoms with E-state index in [1.54, 1.807) is 37.3 Å². The number of hydrogen-bond acceptors (Lipinski definition) is 4. The molecule has 1 aromatic carbocycles. The minimum Gasteiger partial charge on any atom is -0.440 e. The number of hydrogen-bond donors (Lipinski definition) is 1. The molecule has 0 aliphatic carbocycles. The number of benzene rings is 1. The summed E-state index contributed by atoms with van der Waals surface area (Å²) in [6.45, 7) is 1.75. The Morgan fingerprint density at radius 3 is 2.56 bits per heavy atom. The quantitative estimate of drug-likeness (QED) is 0.607. The van der Waals surface area contributed by atoms with Gasteiger partial charge in [0.05, 0.1) is 6.61 Å². The summed E-state index contributed by atoms with van der Waals surface area (Å²) in [4.78, 5) is 27.0. The van der Waals surface area contributed by atoms with Gasteiger partial charge < -0.3 is 4.74 Å². The molecule has 16 heavy (non-hydrogen) atoms. The maximum atomic E-state index is 11.5. The third-order valence-electron chi connectivity index (χ3n) is 1.73. The van der Waals surface area contributed by atoms with Crippen molar-refractivity contribution in [3.05, 3.63) is 35.9 Å². The minimum atomic E-state index is -0.772. The van der Waals surface area contributed by atoms with Crippen molar-refractivity contribution in [2.24, 2.45) is 0 Å². The largest absolute Gasteiger partial charge is 0.440 e. The molecule has 5 heteroatoms. The van der Waals surface area contributed by atoms with E-state index in [2.05, 4.69) is 9.57 Å². The normalized spacial score (nSPS) is 9.56. The van der Waals surface area contributed by atoms with Crippen molar-refractivity contribution < 1.29 is 19.2 Å². The molecule has 0 aliphatic rings. The average Bonchev–Trinajstić information content (AvgIpc) is 2.34. The van der Waals surface area contributed by atoms with Crippen LogP contribution in [0.4, 0.5) is 4.79 Å². The molecule has 5 nitrogen and oxygen atoms in total. The number of carbonyl (C=O) groups is 2. The molecule has 0 heterocycles. The number of carbonyl (C=O) groups excluding carboxylic acids is 2. The molecule has 1 amide bonds. The third kappa shape index (κ3) is 4.10. The monoisotopic (exact) mass is 223 g/mol. The van der Waals surface area contributed by atoms with Gasteiger partial charge in [-0.25, -0.2) is 4.79 Å². The zero-order valence-electron chi connectivity index (χ0n) is 8.93. The van der Waals surface area contributed by atoms with Crippen LogP contribution >= 0.6 is 0 Å². The Morgan fingerprint density at radius 1 is 1.25 bits per heavy atom. The lowest BCUT2D eigenvalue weighted by atomic mass is 10.1. The van der Waals surface area contributed by atoms with Crippen LogP contribution in [0.1, 0.15) is 17.3 Å². The van der Waals surface area contributed by atoms with E-state index in [4.69, 9.17) is 0 Å². The molecule has 0 saturated carbocycles. The van der Waals surface area contributed by atoms with E-state index in [9.17, 15) is 9.59 Å². The highest BCUT2D eigenvalue weighted by molar-refractivity contribution is 5.97. The molecule has 0 unspecified atom stereocenters. The smallest absolute Gasteiger partial charge is 0.431 e. The maximum Gasteiger partial charge on any atom is 0.431 e. The Hall–Kier alpha value is -1.88. The van der Waals surface area contributed by atoms with Gasteiger partial charge in [-0.3, -0.25) is 9.63 Å². The van der Waals surface area contributed by atoms with Gasteiger partial charge in [0.1, 0.15) is 0 Å². The van der Waals surface area contributed by atoms with Crippen molar-refractivity contribution in [3.63, 3.8) is 0 Å². The van der Waals surface area contributed by atoms with Crippen LogP contribution in [0.15, 0.2) is 30.3 Å². The molecule has 0 fully saturated rings. The summed E-state index contributed by atoms with van der Waals surface area (Å²) < 4.78 is 4.64. The SMILES string of the molecule is CCONC(=O)OCC(=O)c1ccccc1. The highest BCUT2D eigenvalue weighted by Gasteiger charge is 2.08. The Kier molecular flexibility index (Phi) is 5.01. The highest BCUT2D eigenvalue weighted by Crippen LogP contribution is 2.00. The van der Waals surface area contributed by atoms with Gasteiger partial charge >= 0.3 is 6.09 Å². The molecule has 0 saturated heterocycles. The van der Waals surface area contributed by atoms with Gasteiger partial charge in [-0.15, -0.1) is 0 Å². The Labute approximate surface area is 93.3 Å². The van der Waals surface area contributed by atoms with Gasteiger partial charge in [0.15, 0.2) is 12.4 Å². The summed E-state index contributed by atoms with van der Waals surface area (Å²) >= 11 is 0. The summed E-state index contributed by atoms with van der Waals surface area (Å²) in [6.07, 6.45) is -0.772. The standard InChI is InChI=1S/C11H13NO4/c1-2-16-12-11(14)15-8-10(13)9-6-4-3-5-7-9/h3-7H,2,8H2,1H3,(H,12,14). The first-order chi connectivity index (χ1) is 7.74. The van der Waals surface area contributed by atoms with Crippen LogP contribution in [0.2, 0.25) is 0 Å². The van der Waals surface area contributed by atoms with E-state index in [1.807, 2.05) is 5.48 Å². The molecule has 0 aromatic heterocycles. The zero-order valence-corrected chi connectivity index (χ0v) is 8.93. The number of amides is 1. The molecule has 0 bridgehead atoms. The summed E-state index contributed by atoms with van der Waals surface area (Å²) in [7, 11) is 0. The third-order valence-corrected chi connectivity index (χ3v) is 1.73. The zero-order chi connectivity index (χ0) is 11.8. The first-order valence-electron chi connectivity index (χ1n) is 4.87. The van der Waals surface area contributed by atoms with Crippen LogP contribution in [-0.2, 0) is 9.57 Å². The van der Waals surface area contributed by atoms with Gasteiger partial charge in [0.2, 0.25) is 0 Å². The van der Waals surface area contributed by atoms with Gasteiger partial charge in [-0.05, 0) is 6.92 Å². The second-order valence-corrected chi connectivity index (χ2v) is 2.90. The Balaban J connectivity index is 2.33. The molecular weight excluding hydrogens is 210 g/mol. The lowest BCUT2D eigenvalue weighted by molar-refractivity contribution is 0.0338. The summed E-state index contributed by atoms with van der Waals surface area (Å²) in [5.74, 6) is -0.257. The van der Waals surface area contributed by atoms with Crippen molar-refractivity contribution in [1.29, 1.82) is 0 Å². The number of Topliss-reactive ketones (excluding diaryl/α,β-unsaturated/α-hetero) is 1. The Morgan fingerprint density at radius 2 is 1.94 bits per heavy atom. The minimum absolute atomic E-state index is 0.257.